The van der Waals surface area contributed by atoms with Gasteiger partial charge < -0.3 is 5.32 Å². The van der Waals surface area contributed by atoms with Crippen molar-refractivity contribution in [3.63, 3.8) is 0 Å². The predicted octanol–water partition coefficient (Wildman–Crippen LogP) is 5.29. The molecule has 2 aromatic rings. The van der Waals surface area contributed by atoms with E-state index in [-0.39, 0.29) is 0 Å². The predicted molar refractivity (Wildman–Crippen MR) is 101 cm³/mol. The van der Waals surface area contributed by atoms with Crippen LogP contribution < -0.4 is 5.32 Å². The average Bonchev–Trinajstić information content (AvgIpc) is 2.51. The Hall–Kier alpha value is -0.460. The van der Waals surface area contributed by atoms with Crippen LogP contribution in [0.4, 0.5) is 0 Å². The molecule has 2 nitrogen and oxygen atoms in total. The van der Waals surface area contributed by atoms with Crippen molar-refractivity contribution in [1.29, 1.82) is 0 Å². The summed E-state index contributed by atoms with van der Waals surface area (Å²) in [4.78, 5) is 4.12. The van der Waals surface area contributed by atoms with Crippen LogP contribution in [0.15, 0.2) is 47.2 Å². The van der Waals surface area contributed by atoms with Crippen LogP contribution in [0.1, 0.15) is 43.4 Å². The van der Waals surface area contributed by atoms with Crippen molar-refractivity contribution >= 4 is 38.5 Å². The van der Waals surface area contributed by atoms with E-state index in [0.717, 1.165) is 17.4 Å². The van der Waals surface area contributed by atoms with Crippen LogP contribution in [0.25, 0.3) is 0 Å². The Balaban J connectivity index is 2.36. The van der Waals surface area contributed by atoms with Crippen molar-refractivity contribution in [3.8, 4) is 0 Å². The van der Waals surface area contributed by atoms with Gasteiger partial charge in [-0.1, -0.05) is 29.8 Å². The molecule has 0 bridgehead atoms. The summed E-state index contributed by atoms with van der Waals surface area (Å²) in [6.45, 7) is 5.50. The molecular formula is C17H20BrIN2. The van der Waals surface area contributed by atoms with Crippen molar-refractivity contribution in [2.45, 2.75) is 32.2 Å². The second kappa shape index (κ2) is 8.25. The zero-order valence-electron chi connectivity index (χ0n) is 12.3. The number of nitrogens with one attached hydrogen (secondary N) is 1. The number of nitrogens with zero attached hydrogens (tertiary/aromatic N) is 1. The van der Waals surface area contributed by atoms with Gasteiger partial charge in [-0.3, -0.25) is 4.98 Å². The first-order valence-electron chi connectivity index (χ1n) is 7.21. The molecule has 0 amide bonds. The van der Waals surface area contributed by atoms with Gasteiger partial charge in [-0.05, 0) is 77.0 Å². The quantitative estimate of drug-likeness (QED) is 0.594. The second-order valence-electron chi connectivity index (χ2n) is 5.17. The smallest absolute Gasteiger partial charge is 0.0397 e. The summed E-state index contributed by atoms with van der Waals surface area (Å²) in [7, 11) is 0. The molecule has 0 aliphatic carbocycles. The van der Waals surface area contributed by atoms with Gasteiger partial charge in [-0.15, -0.1) is 0 Å². The number of pyridine rings is 1. The van der Waals surface area contributed by atoms with E-state index in [4.69, 9.17) is 0 Å². The minimum atomic E-state index is 0.303. The van der Waals surface area contributed by atoms with Gasteiger partial charge in [0.25, 0.3) is 0 Å². The van der Waals surface area contributed by atoms with E-state index in [0.29, 0.717) is 12.0 Å². The fourth-order valence-electron chi connectivity index (χ4n) is 2.47. The van der Waals surface area contributed by atoms with Crippen LogP contribution in [-0.4, -0.2) is 11.5 Å². The van der Waals surface area contributed by atoms with Gasteiger partial charge in [0.05, 0.1) is 0 Å². The van der Waals surface area contributed by atoms with E-state index in [1.54, 1.807) is 0 Å². The molecule has 112 valence electrons. The highest BCUT2D eigenvalue weighted by atomic mass is 127. The molecule has 2 unspecified atom stereocenters. The maximum atomic E-state index is 4.12. The van der Waals surface area contributed by atoms with E-state index < -0.39 is 0 Å². The van der Waals surface area contributed by atoms with Crippen LogP contribution in [0.3, 0.4) is 0 Å². The van der Waals surface area contributed by atoms with Crippen molar-refractivity contribution in [3.05, 3.63) is 61.9 Å². The number of halogens is 2. The maximum Gasteiger partial charge on any atom is 0.0397 e. The molecule has 1 N–H and O–H groups in total. The largest absolute Gasteiger partial charge is 0.309 e. The Morgan fingerprint density at radius 1 is 1.24 bits per heavy atom. The van der Waals surface area contributed by atoms with Crippen LogP contribution in [-0.2, 0) is 0 Å². The van der Waals surface area contributed by atoms with E-state index in [1.807, 2.05) is 12.4 Å². The summed E-state index contributed by atoms with van der Waals surface area (Å²) >= 11 is 6.02. The van der Waals surface area contributed by atoms with Gasteiger partial charge in [0.1, 0.15) is 0 Å². The number of hydrogen-bond acceptors (Lipinski definition) is 2. The van der Waals surface area contributed by atoms with Crippen LogP contribution in [0.5, 0.6) is 0 Å². The minimum absolute atomic E-state index is 0.303. The highest BCUT2D eigenvalue weighted by molar-refractivity contribution is 14.1. The zero-order chi connectivity index (χ0) is 15.2. The molecule has 0 aliphatic heterocycles. The molecule has 2 rings (SSSR count). The maximum absolute atomic E-state index is 4.12. The first-order chi connectivity index (χ1) is 10.1. The van der Waals surface area contributed by atoms with Crippen molar-refractivity contribution < 1.29 is 0 Å². The third kappa shape index (κ3) is 4.50. The number of aromatic nitrogens is 1. The molecule has 0 radical (unpaired) electrons. The fraction of sp³-hybridized carbons (Fsp3) is 0.353. The molecule has 1 heterocycles. The van der Waals surface area contributed by atoms with Gasteiger partial charge in [0.15, 0.2) is 0 Å². The van der Waals surface area contributed by atoms with Gasteiger partial charge >= 0.3 is 0 Å². The second-order valence-corrected chi connectivity index (χ2v) is 7.24. The molecule has 0 saturated heterocycles. The van der Waals surface area contributed by atoms with E-state index in [9.17, 15) is 0 Å². The van der Waals surface area contributed by atoms with Crippen molar-refractivity contribution in [2.24, 2.45) is 0 Å². The molecule has 0 spiro atoms. The Labute approximate surface area is 149 Å². The third-order valence-electron chi connectivity index (χ3n) is 3.64. The molecule has 0 fully saturated rings. The number of rotatable bonds is 6. The summed E-state index contributed by atoms with van der Waals surface area (Å²) in [6, 6.07) is 11.0. The van der Waals surface area contributed by atoms with Crippen LogP contribution in [0, 0.1) is 3.57 Å². The fourth-order valence-corrected chi connectivity index (χ4v) is 3.52. The van der Waals surface area contributed by atoms with Gasteiger partial charge in [0, 0.05) is 32.4 Å². The summed E-state index contributed by atoms with van der Waals surface area (Å²) in [5.41, 5.74) is 2.66. The minimum Gasteiger partial charge on any atom is -0.309 e. The summed E-state index contributed by atoms with van der Waals surface area (Å²) in [5, 5.41) is 3.71. The lowest BCUT2D eigenvalue weighted by Crippen LogP contribution is -2.27. The van der Waals surface area contributed by atoms with Gasteiger partial charge in [0.2, 0.25) is 0 Å². The van der Waals surface area contributed by atoms with E-state index >= 15 is 0 Å². The van der Waals surface area contributed by atoms with Crippen LogP contribution >= 0.6 is 38.5 Å². The topological polar surface area (TPSA) is 24.9 Å². The van der Waals surface area contributed by atoms with E-state index in [1.165, 1.54) is 14.7 Å². The molecule has 4 heteroatoms. The summed E-state index contributed by atoms with van der Waals surface area (Å²) < 4.78 is 2.42. The standard InChI is InChI=1S/C17H20BrIN2/c1-3-8-21-17(12(2)13-6-9-20-10-7-13)15-11-14(18)4-5-16(15)19/h4-7,9-12,17,21H,3,8H2,1-2H3. The zero-order valence-corrected chi connectivity index (χ0v) is 16.1. The Kier molecular flexibility index (Phi) is 6.64. The van der Waals surface area contributed by atoms with Crippen molar-refractivity contribution in [1.82, 2.24) is 10.3 Å². The summed E-state index contributed by atoms with van der Waals surface area (Å²) in [6.07, 6.45) is 4.87. The first-order valence-corrected chi connectivity index (χ1v) is 9.09. The number of benzene rings is 1. The molecule has 0 aliphatic rings. The molecule has 2 atom stereocenters. The normalized spacial score (nSPS) is 13.9. The lowest BCUT2D eigenvalue weighted by molar-refractivity contribution is 0.464. The van der Waals surface area contributed by atoms with Crippen LogP contribution in [0.2, 0.25) is 0 Å². The monoisotopic (exact) mass is 458 g/mol. The molecule has 1 aromatic carbocycles. The lowest BCUT2D eigenvalue weighted by atomic mass is 9.89. The third-order valence-corrected chi connectivity index (χ3v) is 5.11. The highest BCUT2D eigenvalue weighted by Gasteiger charge is 2.22. The van der Waals surface area contributed by atoms with Crippen molar-refractivity contribution in [2.75, 3.05) is 6.54 Å². The van der Waals surface area contributed by atoms with E-state index in [2.05, 4.69) is 93.0 Å². The molecular weight excluding hydrogens is 439 g/mol. The SMILES string of the molecule is CCCNC(c1cc(Br)ccc1I)C(C)c1ccncc1. The molecule has 0 saturated carbocycles. The lowest BCUT2D eigenvalue weighted by Gasteiger charge is -2.27. The van der Waals surface area contributed by atoms with Gasteiger partial charge in [-0.25, -0.2) is 0 Å². The molecule has 1 aromatic heterocycles. The Morgan fingerprint density at radius 3 is 2.62 bits per heavy atom. The van der Waals surface area contributed by atoms with Gasteiger partial charge in [-0.2, -0.15) is 0 Å². The number of hydrogen-bond donors (Lipinski definition) is 1. The summed E-state index contributed by atoms with van der Waals surface area (Å²) in [5.74, 6) is 0.391. The highest BCUT2D eigenvalue weighted by Crippen LogP contribution is 2.34. The Bertz CT molecular complexity index is 574. The Morgan fingerprint density at radius 2 is 1.95 bits per heavy atom. The first kappa shape index (κ1) is 16.9. The average molecular weight is 459 g/mol. The molecule has 21 heavy (non-hydrogen) atoms.